The van der Waals surface area contributed by atoms with Crippen LogP contribution in [0.1, 0.15) is 0 Å². The molecule has 0 aromatic heterocycles. The van der Waals surface area contributed by atoms with E-state index in [0.717, 1.165) is 12.8 Å². The number of carbonyl (C=O) groups excluding carboxylic acids is 1. The first kappa shape index (κ1) is 10.8. The summed E-state index contributed by atoms with van der Waals surface area (Å²) in [6.45, 7) is 2.58. The van der Waals surface area contributed by atoms with Gasteiger partial charge in [-0.1, -0.05) is 0 Å². The fourth-order valence-electron chi connectivity index (χ4n) is 1.00. The van der Waals surface area contributed by atoms with Crippen molar-refractivity contribution in [3.05, 3.63) is 0 Å². The van der Waals surface area contributed by atoms with Crippen molar-refractivity contribution >= 4 is 18.7 Å². The second-order valence-electron chi connectivity index (χ2n) is 2.34. The first-order valence-electron chi connectivity index (χ1n) is 3.36. The zero-order valence-electron chi connectivity index (χ0n) is 6.23. The van der Waals surface area contributed by atoms with Crippen LogP contribution in [0.3, 0.4) is 0 Å². The maximum atomic E-state index is 10.1. The molecule has 1 aliphatic heterocycles. The highest BCUT2D eigenvalue weighted by atomic mass is 35.5. The molecule has 1 heterocycles. The monoisotopic (exact) mass is 180 g/mol. The first-order chi connectivity index (χ1) is 4.83. The fraction of sp³-hybridized carbons (Fsp3) is 0.833. The summed E-state index contributed by atoms with van der Waals surface area (Å²) >= 11 is 0. The number of nitrogens with zero attached hydrogens (tertiary/aromatic N) is 1. The van der Waals surface area contributed by atoms with Gasteiger partial charge in [-0.25, -0.2) is 0 Å². The van der Waals surface area contributed by atoms with Crippen molar-refractivity contribution < 1.29 is 9.53 Å². The van der Waals surface area contributed by atoms with Crippen molar-refractivity contribution in [2.24, 2.45) is 5.73 Å². The van der Waals surface area contributed by atoms with Gasteiger partial charge in [0.15, 0.2) is 0 Å². The van der Waals surface area contributed by atoms with Gasteiger partial charge >= 0.3 is 0 Å². The van der Waals surface area contributed by atoms with Crippen LogP contribution in [0.25, 0.3) is 0 Å². The molecule has 0 amide bonds. The van der Waals surface area contributed by atoms with Crippen molar-refractivity contribution in [2.45, 2.75) is 6.23 Å². The molecule has 0 aromatic rings. The minimum Gasteiger partial charge on any atom is -0.361 e. The average molecular weight is 181 g/mol. The number of aldehydes is 1. The molecule has 0 saturated carbocycles. The Labute approximate surface area is 72.1 Å². The number of hydrogen-bond donors (Lipinski definition) is 1. The number of hydrogen-bond acceptors (Lipinski definition) is 4. The predicted octanol–water partition coefficient (Wildman–Crippen LogP) is -0.776. The molecule has 0 aliphatic carbocycles. The lowest BCUT2D eigenvalue weighted by molar-refractivity contribution is -0.110. The van der Waals surface area contributed by atoms with Gasteiger partial charge < -0.3 is 15.3 Å². The average Bonchev–Trinajstić information content (AvgIpc) is 1.88. The number of carbonyl (C=O) groups is 1. The van der Waals surface area contributed by atoms with Crippen LogP contribution in [-0.4, -0.2) is 43.7 Å². The highest BCUT2D eigenvalue weighted by Gasteiger charge is 2.15. The predicted molar refractivity (Wildman–Crippen MR) is 43.7 cm³/mol. The van der Waals surface area contributed by atoms with E-state index in [1.54, 1.807) is 0 Å². The largest absolute Gasteiger partial charge is 0.361 e. The van der Waals surface area contributed by atoms with Crippen LogP contribution in [0, 0.1) is 0 Å². The topological polar surface area (TPSA) is 55.6 Å². The maximum Gasteiger partial charge on any atom is 0.133 e. The smallest absolute Gasteiger partial charge is 0.133 e. The van der Waals surface area contributed by atoms with E-state index in [1.807, 2.05) is 4.90 Å². The summed E-state index contributed by atoms with van der Waals surface area (Å²) in [4.78, 5) is 12.0. The second-order valence-corrected chi connectivity index (χ2v) is 2.34. The molecule has 66 valence electrons. The summed E-state index contributed by atoms with van der Waals surface area (Å²) in [5.41, 5.74) is 5.48. The number of rotatable bonds is 2. The Morgan fingerprint density at radius 3 is 3.00 bits per heavy atom. The van der Waals surface area contributed by atoms with Gasteiger partial charge in [-0.3, -0.25) is 4.90 Å². The summed E-state index contributed by atoms with van der Waals surface area (Å²) < 4.78 is 5.07. The molecular formula is C6H13ClN2O2. The van der Waals surface area contributed by atoms with Gasteiger partial charge in [-0.2, -0.15) is 0 Å². The summed E-state index contributed by atoms with van der Waals surface area (Å²) in [5, 5.41) is 0. The van der Waals surface area contributed by atoms with Gasteiger partial charge in [0.25, 0.3) is 0 Å². The van der Waals surface area contributed by atoms with Gasteiger partial charge in [0.05, 0.1) is 13.2 Å². The first-order valence-corrected chi connectivity index (χ1v) is 3.36. The van der Waals surface area contributed by atoms with Crippen LogP contribution >= 0.6 is 12.4 Å². The standard InChI is InChI=1S/C6H12N2O2.ClH/c7-6-5-8(1-3-9)2-4-10-6;/h3,6H,1-2,4-5,7H2;1H/t6-;/m0./s1. The molecule has 4 nitrogen and oxygen atoms in total. The number of nitrogens with two attached hydrogens (primary N) is 1. The Kier molecular flexibility index (Phi) is 5.41. The molecule has 1 rings (SSSR count). The van der Waals surface area contributed by atoms with Crippen molar-refractivity contribution in [2.75, 3.05) is 26.2 Å². The van der Waals surface area contributed by atoms with Gasteiger partial charge in [-0.05, 0) is 0 Å². The molecule has 1 atom stereocenters. The number of ether oxygens (including phenoxy) is 1. The van der Waals surface area contributed by atoms with E-state index in [0.29, 0.717) is 19.7 Å². The van der Waals surface area contributed by atoms with E-state index in [-0.39, 0.29) is 18.6 Å². The van der Waals surface area contributed by atoms with Crippen LogP contribution in [0.5, 0.6) is 0 Å². The van der Waals surface area contributed by atoms with E-state index in [9.17, 15) is 4.79 Å². The lowest BCUT2D eigenvalue weighted by atomic mass is 10.4. The van der Waals surface area contributed by atoms with Crippen molar-refractivity contribution in [3.63, 3.8) is 0 Å². The normalized spacial score (nSPS) is 25.7. The molecule has 11 heavy (non-hydrogen) atoms. The van der Waals surface area contributed by atoms with Gasteiger partial charge in [0, 0.05) is 13.1 Å². The highest BCUT2D eigenvalue weighted by molar-refractivity contribution is 5.85. The van der Waals surface area contributed by atoms with Crippen LogP contribution in [0.15, 0.2) is 0 Å². The van der Waals surface area contributed by atoms with E-state index in [4.69, 9.17) is 10.5 Å². The highest BCUT2D eigenvalue weighted by Crippen LogP contribution is 1.98. The van der Waals surface area contributed by atoms with Gasteiger partial charge in [-0.15, -0.1) is 12.4 Å². The number of morpholine rings is 1. The molecule has 1 fully saturated rings. The third kappa shape index (κ3) is 3.67. The SMILES string of the molecule is Cl.N[C@@H]1CN(CC=O)CCO1. The summed E-state index contributed by atoms with van der Waals surface area (Å²) in [6.07, 6.45) is 0.673. The Hall–Kier alpha value is -0.160. The Bertz CT molecular complexity index is 123. The lowest BCUT2D eigenvalue weighted by Gasteiger charge is -2.28. The molecule has 0 bridgehead atoms. The molecule has 1 saturated heterocycles. The molecule has 2 N–H and O–H groups in total. The van der Waals surface area contributed by atoms with Crippen molar-refractivity contribution in [3.8, 4) is 0 Å². The second kappa shape index (κ2) is 5.49. The zero-order chi connectivity index (χ0) is 7.40. The third-order valence-corrected chi connectivity index (χ3v) is 1.51. The Morgan fingerprint density at radius 1 is 1.73 bits per heavy atom. The molecule has 0 unspecified atom stereocenters. The van der Waals surface area contributed by atoms with Crippen LogP contribution in [0.4, 0.5) is 0 Å². The molecule has 1 aliphatic rings. The summed E-state index contributed by atoms with van der Waals surface area (Å²) in [6, 6.07) is 0. The minimum absolute atomic E-state index is 0. The van der Waals surface area contributed by atoms with Crippen LogP contribution < -0.4 is 5.73 Å². The summed E-state index contributed by atoms with van der Waals surface area (Å²) in [7, 11) is 0. The van der Waals surface area contributed by atoms with Crippen LogP contribution in [0.2, 0.25) is 0 Å². The van der Waals surface area contributed by atoms with Crippen molar-refractivity contribution in [1.29, 1.82) is 0 Å². The molecule has 0 aromatic carbocycles. The minimum atomic E-state index is -0.214. The molecule has 0 spiro atoms. The lowest BCUT2D eigenvalue weighted by Crippen LogP contribution is -2.47. The van der Waals surface area contributed by atoms with Crippen molar-refractivity contribution in [1.82, 2.24) is 4.90 Å². The number of halogens is 1. The Balaban J connectivity index is 0.000001000. The molecule has 0 radical (unpaired) electrons. The zero-order valence-corrected chi connectivity index (χ0v) is 7.05. The van der Waals surface area contributed by atoms with E-state index < -0.39 is 0 Å². The molecular weight excluding hydrogens is 168 g/mol. The maximum absolute atomic E-state index is 10.1. The van der Waals surface area contributed by atoms with Gasteiger partial charge in [0.2, 0.25) is 0 Å². The van der Waals surface area contributed by atoms with Gasteiger partial charge in [0.1, 0.15) is 12.5 Å². The van der Waals surface area contributed by atoms with Crippen LogP contribution in [-0.2, 0) is 9.53 Å². The Morgan fingerprint density at radius 2 is 2.45 bits per heavy atom. The molecule has 5 heteroatoms. The van der Waals surface area contributed by atoms with E-state index in [2.05, 4.69) is 0 Å². The quantitative estimate of drug-likeness (QED) is 0.567. The third-order valence-electron chi connectivity index (χ3n) is 1.51. The van der Waals surface area contributed by atoms with E-state index >= 15 is 0 Å². The fourth-order valence-corrected chi connectivity index (χ4v) is 1.00. The summed E-state index contributed by atoms with van der Waals surface area (Å²) in [5.74, 6) is 0. The van der Waals surface area contributed by atoms with E-state index in [1.165, 1.54) is 0 Å².